The number of thioether (sulfide) groups is 1. The van der Waals surface area contributed by atoms with E-state index < -0.39 is 15.7 Å². The van der Waals surface area contributed by atoms with E-state index >= 15 is 0 Å². The van der Waals surface area contributed by atoms with Crippen LogP contribution in [0.2, 0.25) is 0 Å². The van der Waals surface area contributed by atoms with Gasteiger partial charge in [0.15, 0.2) is 0 Å². The SMILES string of the molecule is CCCCCCCCCCCCCCCCCC1COC(COCCCCCCCCN2C=CSC2OS(=O)(=O)c2ccc(C)cc2)C1. The first kappa shape index (κ1) is 41.4. The number of aryl methyl sites for hydroxylation is 1. The van der Waals surface area contributed by atoms with Gasteiger partial charge in [-0.1, -0.05) is 158 Å². The smallest absolute Gasteiger partial charge is 0.299 e. The molecule has 1 aromatic carbocycles. The highest BCUT2D eigenvalue weighted by Gasteiger charge is 2.28. The Balaban J connectivity index is 1.06. The number of hydrogen-bond acceptors (Lipinski definition) is 7. The lowest BCUT2D eigenvalue weighted by molar-refractivity contribution is 0.0153. The van der Waals surface area contributed by atoms with Gasteiger partial charge in [-0.25, -0.2) is 4.18 Å². The van der Waals surface area contributed by atoms with Crippen molar-refractivity contribution in [1.29, 1.82) is 0 Å². The van der Waals surface area contributed by atoms with Crippen LogP contribution in [0.25, 0.3) is 0 Å². The second-order valence-electron chi connectivity index (χ2n) is 14.3. The summed E-state index contributed by atoms with van der Waals surface area (Å²) in [5, 5.41) is 1.91. The van der Waals surface area contributed by atoms with E-state index in [4.69, 9.17) is 13.7 Å². The summed E-state index contributed by atoms with van der Waals surface area (Å²) in [6.07, 6.45) is 32.9. The molecule has 0 saturated carbocycles. The lowest BCUT2D eigenvalue weighted by Crippen LogP contribution is -2.30. The first-order valence-corrected chi connectivity index (χ1v) is 22.1. The Morgan fingerprint density at radius 3 is 1.96 bits per heavy atom. The van der Waals surface area contributed by atoms with E-state index in [1.54, 1.807) is 24.3 Å². The second-order valence-corrected chi connectivity index (χ2v) is 16.8. The van der Waals surface area contributed by atoms with Crippen LogP contribution < -0.4 is 0 Å². The lowest BCUT2D eigenvalue weighted by Gasteiger charge is -2.24. The zero-order valence-electron chi connectivity index (χ0n) is 30.6. The molecule has 6 nitrogen and oxygen atoms in total. The molecule has 1 aromatic rings. The topological polar surface area (TPSA) is 65.1 Å². The first-order chi connectivity index (χ1) is 23.5. The number of rotatable bonds is 30. The van der Waals surface area contributed by atoms with Crippen LogP contribution in [0.1, 0.15) is 160 Å². The number of benzene rings is 1. The molecule has 2 aliphatic heterocycles. The molecular formula is C40H69NO5S2. The van der Waals surface area contributed by atoms with Crippen LogP contribution in [0.3, 0.4) is 0 Å². The molecule has 2 heterocycles. The van der Waals surface area contributed by atoms with Crippen molar-refractivity contribution in [3.63, 3.8) is 0 Å². The minimum absolute atomic E-state index is 0.204. The predicted molar refractivity (Wildman–Crippen MR) is 203 cm³/mol. The van der Waals surface area contributed by atoms with Crippen molar-refractivity contribution in [3.8, 4) is 0 Å². The molecule has 8 heteroatoms. The normalized spacial score (nSPS) is 19.5. The summed E-state index contributed by atoms with van der Waals surface area (Å²) < 4.78 is 42.9. The van der Waals surface area contributed by atoms with Crippen LogP contribution in [0.5, 0.6) is 0 Å². The minimum atomic E-state index is -3.79. The molecule has 0 aliphatic carbocycles. The number of nitrogens with zero attached hydrogens (tertiary/aromatic N) is 1. The van der Waals surface area contributed by atoms with E-state index in [0.717, 1.165) is 57.1 Å². The summed E-state index contributed by atoms with van der Waals surface area (Å²) in [4.78, 5) is 2.19. The standard InChI is InChI=1S/C40H69NO5S2/c1-3-4-5-6-7-8-9-10-11-12-13-14-15-18-21-24-37-33-38(45-34-37)35-44-31-23-20-17-16-19-22-29-41-30-32-47-40(41)46-48(42,43)39-27-25-36(2)26-28-39/h25-28,30,32,37-38,40H,3-24,29,31,33-35H2,1-2H3. The highest BCUT2D eigenvalue weighted by molar-refractivity contribution is 8.03. The zero-order valence-corrected chi connectivity index (χ0v) is 32.2. The van der Waals surface area contributed by atoms with Crippen molar-refractivity contribution in [1.82, 2.24) is 4.90 Å². The van der Waals surface area contributed by atoms with Crippen molar-refractivity contribution in [2.45, 2.75) is 178 Å². The maximum absolute atomic E-state index is 12.7. The average Bonchev–Trinajstić information content (AvgIpc) is 3.72. The van der Waals surface area contributed by atoms with Crippen molar-refractivity contribution < 1.29 is 22.1 Å². The lowest BCUT2D eigenvalue weighted by atomic mass is 9.97. The molecule has 3 atom stereocenters. The Bertz CT molecular complexity index is 1060. The van der Waals surface area contributed by atoms with Crippen LogP contribution in [0.4, 0.5) is 0 Å². The quantitative estimate of drug-likeness (QED) is 0.0582. The minimum Gasteiger partial charge on any atom is -0.379 e. The van der Waals surface area contributed by atoms with Gasteiger partial charge in [0.2, 0.25) is 5.56 Å². The Kier molecular flexibility index (Phi) is 22.3. The van der Waals surface area contributed by atoms with Crippen LogP contribution in [0, 0.1) is 12.8 Å². The van der Waals surface area contributed by atoms with Gasteiger partial charge < -0.3 is 14.4 Å². The van der Waals surface area contributed by atoms with Crippen molar-refractivity contribution in [2.24, 2.45) is 5.92 Å². The summed E-state index contributed by atoms with van der Waals surface area (Å²) in [6, 6.07) is 6.80. The van der Waals surface area contributed by atoms with Crippen LogP contribution >= 0.6 is 11.8 Å². The third-order valence-corrected chi connectivity index (χ3v) is 12.2. The molecule has 48 heavy (non-hydrogen) atoms. The summed E-state index contributed by atoms with van der Waals surface area (Å²) in [7, 11) is -3.79. The molecule has 0 N–H and O–H groups in total. The zero-order chi connectivity index (χ0) is 34.1. The largest absolute Gasteiger partial charge is 0.379 e. The molecule has 1 saturated heterocycles. The van der Waals surface area contributed by atoms with E-state index in [0.29, 0.717) is 6.10 Å². The van der Waals surface area contributed by atoms with E-state index in [-0.39, 0.29) is 4.90 Å². The monoisotopic (exact) mass is 707 g/mol. The van der Waals surface area contributed by atoms with Gasteiger partial charge in [0.25, 0.3) is 10.1 Å². The molecule has 0 spiro atoms. The number of unbranched alkanes of at least 4 members (excludes halogenated alkanes) is 19. The van der Waals surface area contributed by atoms with E-state index in [1.165, 1.54) is 140 Å². The Morgan fingerprint density at radius 1 is 0.771 bits per heavy atom. The molecule has 2 aliphatic rings. The van der Waals surface area contributed by atoms with Gasteiger partial charge in [0.05, 0.1) is 17.6 Å². The fourth-order valence-electron chi connectivity index (χ4n) is 6.78. The maximum atomic E-state index is 12.7. The maximum Gasteiger partial charge on any atom is 0.299 e. The highest BCUT2D eigenvalue weighted by atomic mass is 32.2. The Morgan fingerprint density at radius 2 is 1.33 bits per heavy atom. The highest BCUT2D eigenvalue weighted by Crippen LogP contribution is 2.30. The fraction of sp³-hybridized carbons (Fsp3) is 0.800. The summed E-state index contributed by atoms with van der Waals surface area (Å²) >= 11 is 1.40. The van der Waals surface area contributed by atoms with Crippen LogP contribution in [-0.4, -0.2) is 51.3 Å². The molecule has 0 aromatic heterocycles. The van der Waals surface area contributed by atoms with E-state index in [1.807, 2.05) is 23.4 Å². The van der Waals surface area contributed by atoms with E-state index in [9.17, 15) is 8.42 Å². The summed E-state index contributed by atoms with van der Waals surface area (Å²) in [5.74, 6) is 0.731. The van der Waals surface area contributed by atoms with Gasteiger partial charge in [-0.3, -0.25) is 0 Å². The van der Waals surface area contributed by atoms with E-state index in [2.05, 4.69) is 6.92 Å². The first-order valence-electron chi connectivity index (χ1n) is 19.7. The fourth-order valence-corrected chi connectivity index (χ4v) is 8.87. The van der Waals surface area contributed by atoms with Gasteiger partial charge in [-0.2, -0.15) is 8.42 Å². The molecule has 3 unspecified atom stereocenters. The molecule has 1 fully saturated rings. The molecule has 0 amide bonds. The van der Waals surface area contributed by atoms with Gasteiger partial charge >= 0.3 is 0 Å². The third kappa shape index (κ3) is 18.3. The van der Waals surface area contributed by atoms with Crippen molar-refractivity contribution in [2.75, 3.05) is 26.4 Å². The third-order valence-electron chi connectivity index (χ3n) is 9.88. The summed E-state index contributed by atoms with van der Waals surface area (Å²) in [5.41, 5.74) is 0.494. The second kappa shape index (κ2) is 25.8. The van der Waals surface area contributed by atoms with Gasteiger partial charge in [-0.05, 0) is 56.1 Å². The number of hydrogen-bond donors (Lipinski definition) is 0. The van der Waals surface area contributed by atoms with Gasteiger partial charge in [0, 0.05) is 26.0 Å². The van der Waals surface area contributed by atoms with Crippen LogP contribution in [-0.2, 0) is 23.8 Å². The number of ether oxygens (including phenoxy) is 2. The predicted octanol–water partition coefficient (Wildman–Crippen LogP) is 11.5. The average molecular weight is 708 g/mol. The molecule has 3 rings (SSSR count). The van der Waals surface area contributed by atoms with Gasteiger partial charge in [0.1, 0.15) is 0 Å². The van der Waals surface area contributed by atoms with Crippen molar-refractivity contribution >= 4 is 21.9 Å². The van der Waals surface area contributed by atoms with Crippen LogP contribution in [0.15, 0.2) is 40.8 Å². The molecular weight excluding hydrogens is 639 g/mol. The summed E-state index contributed by atoms with van der Waals surface area (Å²) in [6.45, 7) is 7.53. The van der Waals surface area contributed by atoms with Gasteiger partial charge in [-0.15, -0.1) is 0 Å². The molecule has 276 valence electrons. The molecule has 0 radical (unpaired) electrons. The van der Waals surface area contributed by atoms with Crippen molar-refractivity contribution in [3.05, 3.63) is 41.4 Å². The Hall–Kier alpha value is -1.06. The Labute approximate surface area is 299 Å². The molecule has 0 bridgehead atoms.